The minimum atomic E-state index is 0.263. The monoisotopic (exact) mass is 388 g/mol. The van der Waals surface area contributed by atoms with Gasteiger partial charge in [0.15, 0.2) is 5.96 Å². The van der Waals surface area contributed by atoms with Gasteiger partial charge in [-0.15, -0.1) is 0 Å². The van der Waals surface area contributed by atoms with Crippen molar-refractivity contribution in [3.8, 4) is 0 Å². The first kappa shape index (κ1) is 22.2. The van der Waals surface area contributed by atoms with E-state index >= 15 is 0 Å². The molecule has 1 aromatic carbocycles. The summed E-state index contributed by atoms with van der Waals surface area (Å²) in [6.07, 6.45) is 2.61. The number of hydrogen-bond acceptors (Lipinski definition) is 3. The van der Waals surface area contributed by atoms with Crippen LogP contribution in [0.5, 0.6) is 0 Å². The van der Waals surface area contributed by atoms with Crippen molar-refractivity contribution in [2.24, 2.45) is 10.9 Å². The van der Waals surface area contributed by atoms with Crippen molar-refractivity contribution in [3.63, 3.8) is 0 Å². The smallest absolute Gasteiger partial charge is 0.222 e. The molecule has 1 aliphatic rings. The third-order valence-electron chi connectivity index (χ3n) is 4.51. The van der Waals surface area contributed by atoms with Gasteiger partial charge in [-0.2, -0.15) is 0 Å². The summed E-state index contributed by atoms with van der Waals surface area (Å²) in [5.41, 5.74) is 2.32. The second-order valence-corrected chi connectivity index (χ2v) is 7.68. The molecule has 0 aromatic heterocycles. The summed E-state index contributed by atoms with van der Waals surface area (Å²) in [5.74, 6) is 1.66. The Morgan fingerprint density at radius 3 is 2.82 bits per heavy atom. The minimum Gasteiger partial charge on any atom is -0.381 e. The van der Waals surface area contributed by atoms with Gasteiger partial charge >= 0.3 is 0 Å². The van der Waals surface area contributed by atoms with Gasteiger partial charge in [-0.25, -0.2) is 4.99 Å². The van der Waals surface area contributed by atoms with Gasteiger partial charge in [0.1, 0.15) is 0 Å². The van der Waals surface area contributed by atoms with E-state index in [2.05, 4.69) is 49.6 Å². The normalized spacial score (nSPS) is 14.8. The molecule has 0 spiro atoms. The quantitative estimate of drug-likeness (QED) is 0.347. The Kier molecular flexibility index (Phi) is 9.83. The Bertz CT molecular complexity index is 631. The summed E-state index contributed by atoms with van der Waals surface area (Å²) in [5, 5.41) is 6.65. The van der Waals surface area contributed by atoms with E-state index in [4.69, 9.17) is 9.73 Å². The zero-order chi connectivity index (χ0) is 20.2. The predicted molar refractivity (Wildman–Crippen MR) is 114 cm³/mol. The van der Waals surface area contributed by atoms with Gasteiger partial charge in [0, 0.05) is 45.8 Å². The third kappa shape index (κ3) is 8.30. The second kappa shape index (κ2) is 12.4. The highest BCUT2D eigenvalue weighted by Crippen LogP contribution is 2.15. The Morgan fingerprint density at radius 2 is 2.11 bits per heavy atom. The van der Waals surface area contributed by atoms with Crippen LogP contribution in [-0.2, 0) is 22.6 Å². The number of carbonyl (C=O) groups is 1. The highest BCUT2D eigenvalue weighted by Gasteiger charge is 2.19. The minimum absolute atomic E-state index is 0.263. The molecule has 1 aliphatic heterocycles. The molecule has 0 saturated carbocycles. The average molecular weight is 389 g/mol. The lowest BCUT2D eigenvalue weighted by Gasteiger charge is -2.16. The summed E-state index contributed by atoms with van der Waals surface area (Å²) in [6, 6.07) is 8.37. The molecule has 0 aliphatic carbocycles. The molecule has 1 fully saturated rings. The van der Waals surface area contributed by atoms with E-state index < -0.39 is 0 Å². The lowest BCUT2D eigenvalue weighted by molar-refractivity contribution is -0.128. The van der Waals surface area contributed by atoms with Crippen LogP contribution in [0.1, 0.15) is 51.2 Å². The SMILES string of the molecule is CCNC(=NCc1cccc(CN2CCCC2=O)c1)NCCCOCC(C)C. The standard InChI is InChI=1S/C22H36N4O2/c1-4-23-22(24-11-7-13-28-17-18(2)3)25-15-19-8-5-9-20(14-19)16-26-12-6-10-21(26)27/h5,8-9,14,18H,4,6-7,10-13,15-17H2,1-3H3,(H2,23,24,25). The van der Waals surface area contributed by atoms with Gasteiger partial charge in [0.2, 0.25) is 5.91 Å². The van der Waals surface area contributed by atoms with E-state index in [0.29, 0.717) is 25.4 Å². The molecule has 2 N–H and O–H groups in total. The number of nitrogens with one attached hydrogen (secondary N) is 2. The van der Waals surface area contributed by atoms with Crippen molar-refractivity contribution in [3.05, 3.63) is 35.4 Å². The van der Waals surface area contributed by atoms with E-state index in [1.807, 2.05) is 11.0 Å². The van der Waals surface area contributed by atoms with Gasteiger partial charge in [0.05, 0.1) is 6.54 Å². The molecule has 156 valence electrons. The van der Waals surface area contributed by atoms with Crippen molar-refractivity contribution in [1.82, 2.24) is 15.5 Å². The maximum absolute atomic E-state index is 11.8. The van der Waals surface area contributed by atoms with Crippen LogP contribution in [0, 0.1) is 5.92 Å². The van der Waals surface area contributed by atoms with Gasteiger partial charge in [-0.05, 0) is 36.8 Å². The number of ether oxygens (including phenoxy) is 1. The van der Waals surface area contributed by atoms with Gasteiger partial charge in [-0.1, -0.05) is 38.1 Å². The Hall–Kier alpha value is -2.08. The first-order chi connectivity index (χ1) is 13.6. The molecule has 6 nitrogen and oxygen atoms in total. The number of amides is 1. The van der Waals surface area contributed by atoms with Gasteiger partial charge < -0.3 is 20.3 Å². The van der Waals surface area contributed by atoms with Crippen LogP contribution in [-0.4, -0.2) is 49.6 Å². The first-order valence-corrected chi connectivity index (χ1v) is 10.5. The molecule has 1 aromatic rings. The molecule has 1 saturated heterocycles. The third-order valence-corrected chi connectivity index (χ3v) is 4.51. The molecule has 0 unspecified atom stereocenters. The number of benzene rings is 1. The summed E-state index contributed by atoms with van der Waals surface area (Å²) in [7, 11) is 0. The van der Waals surface area contributed by atoms with Crippen molar-refractivity contribution in [1.29, 1.82) is 0 Å². The lowest BCUT2D eigenvalue weighted by Crippen LogP contribution is -2.38. The highest BCUT2D eigenvalue weighted by atomic mass is 16.5. The summed E-state index contributed by atoms with van der Waals surface area (Å²) >= 11 is 0. The maximum atomic E-state index is 11.8. The van der Waals surface area contributed by atoms with Gasteiger partial charge in [-0.3, -0.25) is 4.79 Å². The molecule has 0 atom stereocenters. The molecule has 28 heavy (non-hydrogen) atoms. The van der Waals surface area contributed by atoms with Crippen molar-refractivity contribution in [2.75, 3.05) is 32.8 Å². The van der Waals surface area contributed by atoms with Crippen molar-refractivity contribution in [2.45, 2.75) is 53.1 Å². The molecule has 6 heteroatoms. The number of guanidine groups is 1. The largest absolute Gasteiger partial charge is 0.381 e. The van der Waals surface area contributed by atoms with Crippen molar-refractivity contribution >= 4 is 11.9 Å². The fourth-order valence-corrected chi connectivity index (χ4v) is 3.13. The molecule has 0 radical (unpaired) electrons. The van der Waals surface area contributed by atoms with E-state index in [9.17, 15) is 4.79 Å². The van der Waals surface area contributed by atoms with Crippen LogP contribution in [0.3, 0.4) is 0 Å². The summed E-state index contributed by atoms with van der Waals surface area (Å²) in [6.45, 7) is 11.8. The molecular weight excluding hydrogens is 352 g/mol. The number of aliphatic imine (C=N–C) groups is 1. The predicted octanol–water partition coefficient (Wildman–Crippen LogP) is 2.93. The van der Waals surface area contributed by atoms with Crippen LogP contribution in [0.4, 0.5) is 0 Å². The molecule has 2 rings (SSSR count). The van der Waals surface area contributed by atoms with Crippen LogP contribution in [0.2, 0.25) is 0 Å². The number of hydrogen-bond donors (Lipinski definition) is 2. The zero-order valence-corrected chi connectivity index (χ0v) is 17.7. The second-order valence-electron chi connectivity index (χ2n) is 7.68. The maximum Gasteiger partial charge on any atom is 0.222 e. The van der Waals surface area contributed by atoms with E-state index in [1.54, 1.807) is 0 Å². The van der Waals surface area contributed by atoms with E-state index in [0.717, 1.165) is 57.2 Å². The highest BCUT2D eigenvalue weighted by molar-refractivity contribution is 5.79. The Balaban J connectivity index is 1.80. The number of nitrogens with zero attached hydrogens (tertiary/aromatic N) is 2. The van der Waals surface area contributed by atoms with E-state index in [-0.39, 0.29) is 5.91 Å². The molecule has 0 bridgehead atoms. The number of carbonyl (C=O) groups excluding carboxylic acids is 1. The topological polar surface area (TPSA) is 66.0 Å². The number of likely N-dealkylation sites (tertiary alicyclic amines) is 1. The fraction of sp³-hybridized carbons (Fsp3) is 0.636. The lowest BCUT2D eigenvalue weighted by atomic mass is 10.1. The molecular formula is C22H36N4O2. The number of rotatable bonds is 11. The van der Waals surface area contributed by atoms with Crippen LogP contribution >= 0.6 is 0 Å². The molecule has 1 amide bonds. The Labute approximate surface area is 169 Å². The van der Waals surface area contributed by atoms with Crippen molar-refractivity contribution < 1.29 is 9.53 Å². The average Bonchev–Trinajstić information content (AvgIpc) is 3.07. The van der Waals surface area contributed by atoms with Gasteiger partial charge in [0.25, 0.3) is 0 Å². The summed E-state index contributed by atoms with van der Waals surface area (Å²) < 4.78 is 5.61. The Morgan fingerprint density at radius 1 is 1.29 bits per heavy atom. The van der Waals surface area contributed by atoms with Crippen LogP contribution < -0.4 is 10.6 Å². The zero-order valence-electron chi connectivity index (χ0n) is 17.7. The summed E-state index contributed by atoms with van der Waals surface area (Å²) in [4.78, 5) is 18.5. The molecule has 1 heterocycles. The van der Waals surface area contributed by atoms with E-state index in [1.165, 1.54) is 5.56 Å². The van der Waals surface area contributed by atoms with Crippen LogP contribution in [0.15, 0.2) is 29.3 Å². The van der Waals surface area contributed by atoms with Crippen LogP contribution in [0.25, 0.3) is 0 Å². The fourth-order valence-electron chi connectivity index (χ4n) is 3.13. The first-order valence-electron chi connectivity index (χ1n) is 10.5.